The molecule has 1 aromatic carbocycles. The summed E-state index contributed by atoms with van der Waals surface area (Å²) in [5.41, 5.74) is 1.48. The summed E-state index contributed by atoms with van der Waals surface area (Å²) in [6.45, 7) is 0.402. The van der Waals surface area contributed by atoms with Gasteiger partial charge in [0, 0.05) is 18.8 Å². The Morgan fingerprint density at radius 1 is 1.53 bits per heavy atom. The van der Waals surface area contributed by atoms with Crippen LogP contribution < -0.4 is 4.74 Å². The van der Waals surface area contributed by atoms with Crippen molar-refractivity contribution in [3.8, 4) is 11.8 Å². The minimum atomic E-state index is 0.402. The maximum Gasteiger partial charge on any atom is 0.138 e. The van der Waals surface area contributed by atoms with Crippen LogP contribution in [0.25, 0.3) is 0 Å². The molecule has 86 valence electrons. The maximum absolute atomic E-state index is 8.70. The lowest BCUT2D eigenvalue weighted by Crippen LogP contribution is -1.95. The third-order valence-electron chi connectivity index (χ3n) is 2.21. The molecule has 4 nitrogen and oxygen atoms in total. The molecule has 0 aliphatic rings. The van der Waals surface area contributed by atoms with E-state index in [1.807, 2.05) is 19.3 Å². The molecule has 1 heterocycles. The summed E-state index contributed by atoms with van der Waals surface area (Å²) >= 11 is 5.98. The number of aryl methyl sites for hydroxylation is 1. The van der Waals surface area contributed by atoms with Gasteiger partial charge in [0.2, 0.25) is 0 Å². The van der Waals surface area contributed by atoms with Crippen LogP contribution in [0.3, 0.4) is 0 Å². The van der Waals surface area contributed by atoms with Crippen LogP contribution in [0.2, 0.25) is 5.02 Å². The van der Waals surface area contributed by atoms with E-state index < -0.39 is 0 Å². The first kappa shape index (κ1) is 11.5. The summed E-state index contributed by atoms with van der Waals surface area (Å²) in [5.74, 6) is 0.564. The summed E-state index contributed by atoms with van der Waals surface area (Å²) in [7, 11) is 1.85. The van der Waals surface area contributed by atoms with Gasteiger partial charge >= 0.3 is 0 Å². The number of nitrogens with zero attached hydrogens (tertiary/aromatic N) is 3. The lowest BCUT2D eigenvalue weighted by atomic mass is 10.2. The Labute approximate surface area is 104 Å². The van der Waals surface area contributed by atoms with Crippen LogP contribution >= 0.6 is 11.6 Å². The summed E-state index contributed by atoms with van der Waals surface area (Å²) in [6, 6.07) is 6.97. The van der Waals surface area contributed by atoms with E-state index in [4.69, 9.17) is 21.6 Å². The van der Waals surface area contributed by atoms with Crippen molar-refractivity contribution in [1.29, 1.82) is 5.26 Å². The van der Waals surface area contributed by atoms with Crippen LogP contribution in [0.5, 0.6) is 5.75 Å². The molecular formula is C12H10ClN3O. The molecule has 17 heavy (non-hydrogen) atoms. The molecule has 0 N–H and O–H groups in total. The third kappa shape index (κ3) is 2.77. The van der Waals surface area contributed by atoms with E-state index in [9.17, 15) is 0 Å². The zero-order valence-electron chi connectivity index (χ0n) is 9.22. The summed E-state index contributed by atoms with van der Waals surface area (Å²) in [5, 5.41) is 13.2. The molecule has 0 aliphatic carbocycles. The second kappa shape index (κ2) is 4.89. The van der Waals surface area contributed by atoms with Gasteiger partial charge in [-0.2, -0.15) is 10.4 Å². The van der Waals surface area contributed by atoms with Crippen molar-refractivity contribution >= 4 is 11.6 Å². The Bertz CT molecular complexity index is 571. The number of rotatable bonds is 3. The fourth-order valence-electron chi connectivity index (χ4n) is 1.39. The van der Waals surface area contributed by atoms with Crippen molar-refractivity contribution in [2.24, 2.45) is 7.05 Å². The van der Waals surface area contributed by atoms with Gasteiger partial charge < -0.3 is 4.74 Å². The highest BCUT2D eigenvalue weighted by Gasteiger charge is 2.04. The van der Waals surface area contributed by atoms with Crippen molar-refractivity contribution in [1.82, 2.24) is 9.78 Å². The lowest BCUT2D eigenvalue weighted by molar-refractivity contribution is 0.306. The Morgan fingerprint density at radius 3 is 2.94 bits per heavy atom. The Balaban J connectivity index is 2.07. The molecule has 0 saturated heterocycles. The number of aromatic nitrogens is 2. The standard InChI is InChI=1S/C12H10ClN3O/c1-16-7-10(6-15-16)8-17-12-3-2-9(5-14)4-11(12)13/h2-4,6-7H,8H2,1H3. The minimum Gasteiger partial charge on any atom is -0.487 e. The molecule has 0 radical (unpaired) electrons. The van der Waals surface area contributed by atoms with E-state index >= 15 is 0 Å². The average molecular weight is 248 g/mol. The summed E-state index contributed by atoms with van der Waals surface area (Å²) in [6.07, 6.45) is 3.61. The van der Waals surface area contributed by atoms with Gasteiger partial charge in [-0.25, -0.2) is 0 Å². The molecule has 5 heteroatoms. The SMILES string of the molecule is Cn1cc(COc2ccc(C#N)cc2Cl)cn1. The summed E-state index contributed by atoms with van der Waals surface area (Å²) in [4.78, 5) is 0. The van der Waals surface area contributed by atoms with Crippen LogP contribution in [0.1, 0.15) is 11.1 Å². The topological polar surface area (TPSA) is 50.8 Å². The zero-order valence-corrected chi connectivity index (χ0v) is 9.98. The minimum absolute atomic E-state index is 0.402. The molecule has 0 atom stereocenters. The van der Waals surface area contributed by atoms with Crippen molar-refractivity contribution in [3.63, 3.8) is 0 Å². The normalized spacial score (nSPS) is 9.94. The molecular weight excluding hydrogens is 238 g/mol. The number of nitriles is 1. The third-order valence-corrected chi connectivity index (χ3v) is 2.51. The van der Waals surface area contributed by atoms with Gasteiger partial charge in [-0.1, -0.05) is 11.6 Å². The van der Waals surface area contributed by atoms with Crippen LogP contribution in [0, 0.1) is 11.3 Å². The lowest BCUT2D eigenvalue weighted by Gasteiger charge is -2.06. The molecule has 0 unspecified atom stereocenters. The molecule has 0 spiro atoms. The van der Waals surface area contributed by atoms with Gasteiger partial charge in [-0.15, -0.1) is 0 Å². The van der Waals surface area contributed by atoms with Crippen LogP contribution in [-0.2, 0) is 13.7 Å². The first-order valence-corrected chi connectivity index (χ1v) is 5.37. The van der Waals surface area contributed by atoms with Crippen LogP contribution in [0.4, 0.5) is 0 Å². The molecule has 1 aromatic heterocycles. The van der Waals surface area contributed by atoms with Gasteiger partial charge in [-0.3, -0.25) is 4.68 Å². The molecule has 0 fully saturated rings. The number of halogens is 1. The molecule has 0 bridgehead atoms. The Hall–Kier alpha value is -1.99. The second-order valence-electron chi connectivity index (χ2n) is 3.57. The van der Waals surface area contributed by atoms with Crippen LogP contribution in [-0.4, -0.2) is 9.78 Å². The predicted molar refractivity (Wildman–Crippen MR) is 63.7 cm³/mol. The monoisotopic (exact) mass is 247 g/mol. The molecule has 2 aromatic rings. The van der Waals surface area contributed by atoms with Gasteiger partial charge in [-0.05, 0) is 18.2 Å². The molecule has 2 rings (SSSR count). The van der Waals surface area contributed by atoms with E-state index in [2.05, 4.69) is 5.10 Å². The Morgan fingerprint density at radius 2 is 2.35 bits per heavy atom. The van der Waals surface area contributed by atoms with Gasteiger partial charge in [0.25, 0.3) is 0 Å². The first-order chi connectivity index (χ1) is 8.19. The smallest absolute Gasteiger partial charge is 0.138 e. The molecule has 0 saturated carbocycles. The highest BCUT2D eigenvalue weighted by Crippen LogP contribution is 2.25. The maximum atomic E-state index is 8.70. The van der Waals surface area contributed by atoms with Crippen LogP contribution in [0.15, 0.2) is 30.6 Å². The first-order valence-electron chi connectivity index (χ1n) is 4.99. The quantitative estimate of drug-likeness (QED) is 0.838. The summed E-state index contributed by atoms with van der Waals surface area (Å²) < 4.78 is 7.25. The fourth-order valence-corrected chi connectivity index (χ4v) is 1.63. The van der Waals surface area contributed by atoms with Gasteiger partial charge in [0.15, 0.2) is 0 Å². The molecule has 0 amide bonds. The largest absolute Gasteiger partial charge is 0.487 e. The highest BCUT2D eigenvalue weighted by atomic mass is 35.5. The number of hydrogen-bond acceptors (Lipinski definition) is 3. The van der Waals surface area contributed by atoms with E-state index in [0.29, 0.717) is 22.9 Å². The second-order valence-corrected chi connectivity index (χ2v) is 3.98. The fraction of sp³-hybridized carbons (Fsp3) is 0.167. The van der Waals surface area contributed by atoms with Crippen molar-refractivity contribution in [2.75, 3.05) is 0 Å². The van der Waals surface area contributed by atoms with Gasteiger partial charge in [0.1, 0.15) is 12.4 Å². The number of benzene rings is 1. The zero-order chi connectivity index (χ0) is 12.3. The highest BCUT2D eigenvalue weighted by molar-refractivity contribution is 6.32. The van der Waals surface area contributed by atoms with Crippen molar-refractivity contribution < 1.29 is 4.74 Å². The van der Waals surface area contributed by atoms with Crippen molar-refractivity contribution in [3.05, 3.63) is 46.7 Å². The van der Waals surface area contributed by atoms with E-state index in [1.54, 1.807) is 29.1 Å². The van der Waals surface area contributed by atoms with Gasteiger partial charge in [0.05, 0.1) is 22.9 Å². The van der Waals surface area contributed by atoms with E-state index in [-0.39, 0.29) is 0 Å². The number of hydrogen-bond donors (Lipinski definition) is 0. The van der Waals surface area contributed by atoms with Crippen molar-refractivity contribution in [2.45, 2.75) is 6.61 Å². The average Bonchev–Trinajstić information content (AvgIpc) is 2.73. The molecule has 0 aliphatic heterocycles. The predicted octanol–water partition coefficient (Wildman–Crippen LogP) is 2.52. The van der Waals surface area contributed by atoms with E-state index in [0.717, 1.165) is 5.56 Å². The van der Waals surface area contributed by atoms with E-state index in [1.165, 1.54) is 0 Å². The number of ether oxygens (including phenoxy) is 1. The Kier molecular flexibility index (Phi) is 3.31.